The zero-order valence-electron chi connectivity index (χ0n) is 14.6. The first-order chi connectivity index (χ1) is 13.4. The van der Waals surface area contributed by atoms with Crippen molar-refractivity contribution in [1.29, 1.82) is 0 Å². The van der Waals surface area contributed by atoms with Crippen LogP contribution in [-0.4, -0.2) is 20.4 Å². The summed E-state index contributed by atoms with van der Waals surface area (Å²) >= 11 is 12.1. The van der Waals surface area contributed by atoms with Crippen molar-refractivity contribution >= 4 is 46.0 Å². The summed E-state index contributed by atoms with van der Waals surface area (Å²) in [6, 6.07) is 12.5. The largest absolute Gasteiger partial charge is 0.319 e. The van der Waals surface area contributed by atoms with Crippen LogP contribution in [0, 0.1) is 12.7 Å². The van der Waals surface area contributed by atoms with E-state index in [-0.39, 0.29) is 10.7 Å². The molecule has 0 aliphatic carbocycles. The minimum Gasteiger partial charge on any atom is -0.319 e. The van der Waals surface area contributed by atoms with Crippen LogP contribution in [0.1, 0.15) is 16.2 Å². The minimum absolute atomic E-state index is 0.0387. The van der Waals surface area contributed by atoms with E-state index in [4.69, 9.17) is 23.2 Å². The van der Waals surface area contributed by atoms with Gasteiger partial charge >= 0.3 is 0 Å². The van der Waals surface area contributed by atoms with Gasteiger partial charge in [0.05, 0.1) is 16.4 Å². The number of imidazole rings is 1. The molecule has 0 aliphatic rings. The smallest absolute Gasteiger partial charge is 0.255 e. The molecule has 0 fully saturated rings. The van der Waals surface area contributed by atoms with Gasteiger partial charge in [-0.3, -0.25) is 9.36 Å². The van der Waals surface area contributed by atoms with Crippen LogP contribution in [0.4, 0.5) is 10.1 Å². The third kappa shape index (κ3) is 3.32. The van der Waals surface area contributed by atoms with Crippen LogP contribution in [-0.2, 0) is 0 Å². The molecule has 1 amide bonds. The molecule has 0 saturated carbocycles. The number of anilines is 1. The number of nitrogens with one attached hydrogen (secondary N) is 1. The van der Waals surface area contributed by atoms with Gasteiger partial charge < -0.3 is 5.32 Å². The molecule has 140 valence electrons. The zero-order valence-corrected chi connectivity index (χ0v) is 16.1. The van der Waals surface area contributed by atoms with Gasteiger partial charge in [-0.1, -0.05) is 23.2 Å². The fraction of sp³-hybridized carbons (Fsp3) is 0.0500. The Balaban J connectivity index is 1.75. The van der Waals surface area contributed by atoms with Crippen LogP contribution in [0.3, 0.4) is 0 Å². The van der Waals surface area contributed by atoms with Crippen molar-refractivity contribution in [3.05, 3.63) is 82.0 Å². The zero-order chi connectivity index (χ0) is 19.8. The summed E-state index contributed by atoms with van der Waals surface area (Å²) in [6.07, 6.45) is 1.66. The van der Waals surface area contributed by atoms with Crippen LogP contribution in [0.2, 0.25) is 10.0 Å². The maximum absolute atomic E-state index is 14.0. The highest BCUT2D eigenvalue weighted by molar-refractivity contribution is 6.32. The Kier molecular flexibility index (Phi) is 4.75. The molecular weight excluding hydrogens is 402 g/mol. The number of hydrogen-bond acceptors (Lipinski definition) is 3. The van der Waals surface area contributed by atoms with Crippen molar-refractivity contribution in [3.8, 4) is 5.69 Å². The summed E-state index contributed by atoms with van der Waals surface area (Å²) in [7, 11) is 0. The Morgan fingerprint density at radius 1 is 1.14 bits per heavy atom. The van der Waals surface area contributed by atoms with Crippen molar-refractivity contribution in [3.63, 3.8) is 0 Å². The molecule has 0 spiro atoms. The summed E-state index contributed by atoms with van der Waals surface area (Å²) in [6.45, 7) is 1.83. The van der Waals surface area contributed by atoms with Crippen molar-refractivity contribution < 1.29 is 9.18 Å². The lowest BCUT2D eigenvalue weighted by Gasteiger charge is -2.12. The number of nitrogens with zero attached hydrogens (tertiary/aromatic N) is 3. The molecule has 5 nitrogen and oxygen atoms in total. The fourth-order valence-corrected chi connectivity index (χ4v) is 3.29. The van der Waals surface area contributed by atoms with Crippen molar-refractivity contribution in [2.24, 2.45) is 0 Å². The molecule has 0 atom stereocenters. The Morgan fingerprint density at radius 2 is 1.96 bits per heavy atom. The van der Waals surface area contributed by atoms with Gasteiger partial charge in [-0.2, -0.15) is 0 Å². The van der Waals surface area contributed by atoms with E-state index in [9.17, 15) is 9.18 Å². The highest BCUT2D eigenvalue weighted by atomic mass is 35.5. The number of carbonyl (C=O) groups excluding carboxylic acids is 1. The molecule has 0 saturated heterocycles. The lowest BCUT2D eigenvalue weighted by atomic mass is 10.1. The van der Waals surface area contributed by atoms with Gasteiger partial charge in [-0.05, 0) is 55.5 Å². The quantitative estimate of drug-likeness (QED) is 0.486. The van der Waals surface area contributed by atoms with Gasteiger partial charge in [-0.15, -0.1) is 0 Å². The molecule has 0 aliphatic heterocycles. The molecule has 0 radical (unpaired) electrons. The van der Waals surface area contributed by atoms with E-state index in [2.05, 4.69) is 15.3 Å². The van der Waals surface area contributed by atoms with E-state index in [1.54, 1.807) is 35.0 Å². The van der Waals surface area contributed by atoms with Crippen molar-refractivity contribution in [1.82, 2.24) is 14.5 Å². The number of pyridine rings is 1. The molecule has 2 heterocycles. The van der Waals surface area contributed by atoms with Crippen molar-refractivity contribution in [2.45, 2.75) is 6.92 Å². The molecule has 4 aromatic rings. The third-order valence-electron chi connectivity index (χ3n) is 4.21. The van der Waals surface area contributed by atoms with Gasteiger partial charge in [0, 0.05) is 16.8 Å². The predicted molar refractivity (Wildman–Crippen MR) is 108 cm³/mol. The van der Waals surface area contributed by atoms with E-state index in [0.29, 0.717) is 33.3 Å². The average molecular weight is 415 g/mol. The highest BCUT2D eigenvalue weighted by Crippen LogP contribution is 2.27. The Morgan fingerprint density at radius 3 is 2.75 bits per heavy atom. The maximum Gasteiger partial charge on any atom is 0.255 e. The second kappa shape index (κ2) is 7.22. The minimum atomic E-state index is -0.615. The van der Waals surface area contributed by atoms with Crippen molar-refractivity contribution in [2.75, 3.05) is 5.32 Å². The number of rotatable bonds is 3. The van der Waals surface area contributed by atoms with Crippen LogP contribution in [0.25, 0.3) is 16.9 Å². The Hall–Kier alpha value is -2.96. The number of benzene rings is 2. The van der Waals surface area contributed by atoms with E-state index in [0.717, 1.165) is 6.07 Å². The SMILES string of the molecule is Cc1nc2cccnc2n1-c1cc(C(=O)Nc2ccc(Cl)cc2F)ccc1Cl. The first-order valence-corrected chi connectivity index (χ1v) is 9.06. The molecule has 28 heavy (non-hydrogen) atoms. The number of fused-ring (bicyclic) bond motifs is 1. The Labute approximate surface area is 169 Å². The van der Waals surface area contributed by atoms with Crippen LogP contribution >= 0.6 is 23.2 Å². The van der Waals surface area contributed by atoms with Gasteiger partial charge in [0.2, 0.25) is 0 Å². The number of aryl methyl sites for hydroxylation is 1. The predicted octanol–water partition coefficient (Wildman–Crippen LogP) is 5.43. The van der Waals surface area contributed by atoms with Crippen LogP contribution in [0.5, 0.6) is 0 Å². The number of amides is 1. The monoisotopic (exact) mass is 414 g/mol. The lowest BCUT2D eigenvalue weighted by Crippen LogP contribution is -2.13. The molecular formula is C20H13Cl2FN4O. The summed E-state index contributed by atoms with van der Waals surface area (Å²) in [5.41, 5.74) is 2.25. The van der Waals surface area contributed by atoms with Gasteiger partial charge in [-0.25, -0.2) is 14.4 Å². The normalized spacial score (nSPS) is 11.0. The molecule has 1 N–H and O–H groups in total. The third-order valence-corrected chi connectivity index (χ3v) is 4.77. The molecule has 8 heteroatoms. The highest BCUT2D eigenvalue weighted by Gasteiger charge is 2.16. The van der Waals surface area contributed by atoms with Gasteiger partial charge in [0.1, 0.15) is 17.2 Å². The topological polar surface area (TPSA) is 59.8 Å². The van der Waals surface area contributed by atoms with Crippen LogP contribution in [0.15, 0.2) is 54.7 Å². The summed E-state index contributed by atoms with van der Waals surface area (Å²) in [5, 5.41) is 3.22. The van der Waals surface area contributed by atoms with E-state index in [1.807, 2.05) is 13.0 Å². The first kappa shape index (κ1) is 18.4. The summed E-state index contributed by atoms with van der Waals surface area (Å²) < 4.78 is 15.8. The number of aromatic nitrogens is 3. The molecule has 4 rings (SSSR count). The molecule has 0 unspecified atom stereocenters. The van der Waals surface area contributed by atoms with E-state index >= 15 is 0 Å². The second-order valence-electron chi connectivity index (χ2n) is 6.09. The van der Waals surface area contributed by atoms with Crippen LogP contribution < -0.4 is 5.32 Å². The average Bonchev–Trinajstić information content (AvgIpc) is 3.00. The van der Waals surface area contributed by atoms with E-state index in [1.165, 1.54) is 12.1 Å². The van der Waals surface area contributed by atoms with Gasteiger partial charge in [0.15, 0.2) is 5.65 Å². The number of halogens is 3. The summed E-state index contributed by atoms with van der Waals surface area (Å²) in [5.74, 6) is -0.415. The molecule has 0 bridgehead atoms. The molecule has 2 aromatic heterocycles. The molecule has 2 aromatic carbocycles. The standard InChI is InChI=1S/C20H13Cl2FN4O/c1-11-25-17-3-2-8-24-19(17)27(11)18-9-12(4-6-14(18)22)20(28)26-16-7-5-13(21)10-15(16)23/h2-10H,1H3,(H,26,28). The maximum atomic E-state index is 14.0. The second-order valence-corrected chi connectivity index (χ2v) is 6.93. The van der Waals surface area contributed by atoms with Gasteiger partial charge in [0.25, 0.3) is 5.91 Å². The summed E-state index contributed by atoms with van der Waals surface area (Å²) in [4.78, 5) is 21.5. The Bertz CT molecular complexity index is 1220. The lowest BCUT2D eigenvalue weighted by molar-refractivity contribution is 0.102. The fourth-order valence-electron chi connectivity index (χ4n) is 2.92. The number of carbonyl (C=O) groups is 1. The number of hydrogen-bond donors (Lipinski definition) is 1. The van der Waals surface area contributed by atoms with E-state index < -0.39 is 11.7 Å². The first-order valence-electron chi connectivity index (χ1n) is 8.30.